The highest BCUT2D eigenvalue weighted by Gasteiger charge is 2.35. The molecule has 1 N–H and O–H groups in total. The van der Waals surface area contributed by atoms with Crippen molar-refractivity contribution in [1.29, 1.82) is 0 Å². The molecular formula is C10H8ClNO4. The molecular weight excluding hydrogens is 234 g/mol. The molecule has 0 saturated carbocycles. The monoisotopic (exact) mass is 241 g/mol. The zero-order valence-electron chi connectivity index (χ0n) is 8.59. The first-order valence-corrected chi connectivity index (χ1v) is 4.78. The summed E-state index contributed by atoms with van der Waals surface area (Å²) in [5, 5.41) is 2.64. The quantitative estimate of drug-likeness (QED) is 0.797. The van der Waals surface area contributed by atoms with Gasteiger partial charge in [0.2, 0.25) is 0 Å². The van der Waals surface area contributed by atoms with E-state index >= 15 is 0 Å². The Hall–Kier alpha value is -1.75. The molecule has 0 unspecified atom stereocenters. The molecule has 16 heavy (non-hydrogen) atoms. The average molecular weight is 242 g/mol. The summed E-state index contributed by atoms with van der Waals surface area (Å²) in [4.78, 5) is 22.9. The van der Waals surface area contributed by atoms with Crippen LogP contribution < -0.4 is 14.8 Å². The van der Waals surface area contributed by atoms with Crippen LogP contribution in [0.3, 0.4) is 0 Å². The second kappa shape index (κ2) is 3.68. The van der Waals surface area contributed by atoms with Gasteiger partial charge in [-0.15, -0.1) is 0 Å². The lowest BCUT2D eigenvalue weighted by Gasteiger charge is -2.11. The number of nitrogens with one attached hydrogen (secondary N) is 1. The number of Topliss-reactive ketones (excluding diaryl/α,β-unsaturated/α-hetero) is 1. The van der Waals surface area contributed by atoms with Crippen LogP contribution in [0.4, 0.5) is 5.69 Å². The number of rotatable bonds is 2. The minimum absolute atomic E-state index is 0.122. The predicted molar refractivity (Wildman–Crippen MR) is 57.5 cm³/mol. The Bertz CT molecular complexity index is 498. The van der Waals surface area contributed by atoms with Crippen molar-refractivity contribution in [3.8, 4) is 11.5 Å². The van der Waals surface area contributed by atoms with Crippen LogP contribution in [-0.4, -0.2) is 25.9 Å². The molecule has 0 saturated heterocycles. The van der Waals surface area contributed by atoms with E-state index in [2.05, 4.69) is 5.32 Å². The highest BCUT2D eigenvalue weighted by Crippen LogP contribution is 2.43. The van der Waals surface area contributed by atoms with E-state index in [1.54, 1.807) is 0 Å². The molecule has 0 aliphatic carbocycles. The van der Waals surface area contributed by atoms with Crippen molar-refractivity contribution in [2.45, 2.75) is 0 Å². The summed E-state index contributed by atoms with van der Waals surface area (Å²) >= 11 is 5.91. The van der Waals surface area contributed by atoms with E-state index in [1.807, 2.05) is 0 Å². The average Bonchev–Trinajstić information content (AvgIpc) is 2.56. The van der Waals surface area contributed by atoms with Gasteiger partial charge in [-0.3, -0.25) is 9.59 Å². The molecule has 5 nitrogen and oxygen atoms in total. The van der Waals surface area contributed by atoms with Crippen LogP contribution in [0.25, 0.3) is 0 Å². The van der Waals surface area contributed by atoms with Gasteiger partial charge in [-0.1, -0.05) is 11.6 Å². The fraction of sp³-hybridized carbons (Fsp3) is 0.200. The van der Waals surface area contributed by atoms with Crippen LogP contribution >= 0.6 is 11.6 Å². The molecule has 1 aromatic carbocycles. The van der Waals surface area contributed by atoms with E-state index < -0.39 is 11.7 Å². The van der Waals surface area contributed by atoms with Crippen molar-refractivity contribution in [1.82, 2.24) is 0 Å². The SMILES string of the molecule is COc1cc(Cl)c(OC)c2c1NC(=O)C2=O. The number of carbonyl (C=O) groups is 2. The van der Waals surface area contributed by atoms with Crippen LogP contribution in [0, 0.1) is 0 Å². The third kappa shape index (κ3) is 1.32. The summed E-state index contributed by atoms with van der Waals surface area (Å²) in [6.07, 6.45) is 0. The first-order valence-electron chi connectivity index (χ1n) is 4.40. The maximum atomic E-state index is 11.6. The van der Waals surface area contributed by atoms with Crippen molar-refractivity contribution in [3.05, 3.63) is 16.7 Å². The molecule has 1 heterocycles. The molecule has 0 spiro atoms. The first-order chi connectivity index (χ1) is 7.60. The third-order valence-corrected chi connectivity index (χ3v) is 2.57. The second-order valence-corrected chi connectivity index (χ2v) is 3.53. The van der Waals surface area contributed by atoms with Crippen LogP contribution in [0.1, 0.15) is 10.4 Å². The van der Waals surface area contributed by atoms with E-state index in [4.69, 9.17) is 21.1 Å². The Morgan fingerprint density at radius 1 is 1.25 bits per heavy atom. The number of halogens is 1. The van der Waals surface area contributed by atoms with E-state index in [0.717, 1.165) is 0 Å². The molecule has 0 radical (unpaired) electrons. The number of anilines is 1. The van der Waals surface area contributed by atoms with Crippen molar-refractivity contribution in [2.75, 3.05) is 19.5 Å². The van der Waals surface area contributed by atoms with Crippen LogP contribution in [0.15, 0.2) is 6.07 Å². The predicted octanol–water partition coefficient (Wildman–Crippen LogP) is 1.49. The maximum absolute atomic E-state index is 11.6. The van der Waals surface area contributed by atoms with E-state index in [1.165, 1.54) is 20.3 Å². The number of hydrogen-bond acceptors (Lipinski definition) is 4. The van der Waals surface area contributed by atoms with Gasteiger partial charge < -0.3 is 14.8 Å². The van der Waals surface area contributed by atoms with Crippen LogP contribution in [-0.2, 0) is 4.79 Å². The third-order valence-electron chi connectivity index (χ3n) is 2.29. The zero-order chi connectivity index (χ0) is 11.9. The molecule has 0 fully saturated rings. The molecule has 1 aliphatic heterocycles. The number of ketones is 1. The summed E-state index contributed by atoms with van der Waals surface area (Å²) in [5.74, 6) is -0.873. The lowest BCUT2D eigenvalue weighted by Crippen LogP contribution is -2.12. The number of carbonyl (C=O) groups excluding carboxylic acids is 2. The fourth-order valence-electron chi connectivity index (χ4n) is 1.59. The lowest BCUT2D eigenvalue weighted by molar-refractivity contribution is -0.112. The van der Waals surface area contributed by atoms with E-state index in [0.29, 0.717) is 11.4 Å². The zero-order valence-corrected chi connectivity index (χ0v) is 9.34. The van der Waals surface area contributed by atoms with E-state index in [-0.39, 0.29) is 16.3 Å². The van der Waals surface area contributed by atoms with Crippen LogP contribution in [0.5, 0.6) is 11.5 Å². The molecule has 6 heteroatoms. The van der Waals surface area contributed by atoms with Crippen molar-refractivity contribution in [3.63, 3.8) is 0 Å². The summed E-state index contributed by atoms with van der Waals surface area (Å²) in [6, 6.07) is 1.48. The molecule has 1 amide bonds. The molecule has 1 aliphatic rings. The Morgan fingerprint density at radius 2 is 1.94 bits per heavy atom. The van der Waals surface area contributed by atoms with Gasteiger partial charge in [0.1, 0.15) is 5.75 Å². The van der Waals surface area contributed by atoms with Gasteiger partial charge in [-0.2, -0.15) is 0 Å². The van der Waals surface area contributed by atoms with Crippen LogP contribution in [0.2, 0.25) is 5.02 Å². The maximum Gasteiger partial charge on any atom is 0.297 e. The number of methoxy groups -OCH3 is 2. The molecule has 1 aromatic rings. The normalized spacial score (nSPS) is 13.4. The smallest absolute Gasteiger partial charge is 0.297 e. The number of hydrogen-bond donors (Lipinski definition) is 1. The Labute approximate surface area is 96.3 Å². The number of benzene rings is 1. The van der Waals surface area contributed by atoms with Gasteiger partial charge in [-0.05, 0) is 0 Å². The minimum atomic E-state index is -0.714. The molecule has 0 bridgehead atoms. The first kappa shape index (κ1) is 10.8. The van der Waals surface area contributed by atoms with E-state index in [9.17, 15) is 9.59 Å². The lowest BCUT2D eigenvalue weighted by atomic mass is 10.1. The second-order valence-electron chi connectivity index (χ2n) is 3.13. The van der Waals surface area contributed by atoms with Crippen molar-refractivity contribution < 1.29 is 19.1 Å². The Kier molecular flexibility index (Phi) is 2.47. The highest BCUT2D eigenvalue weighted by molar-refractivity contribution is 6.53. The molecule has 0 aromatic heterocycles. The minimum Gasteiger partial charge on any atom is -0.494 e. The van der Waals surface area contributed by atoms with Gasteiger partial charge in [0.25, 0.3) is 11.7 Å². The number of ether oxygens (including phenoxy) is 2. The summed E-state index contributed by atoms with van der Waals surface area (Å²) < 4.78 is 10.0. The van der Waals surface area contributed by atoms with Crippen molar-refractivity contribution in [2.24, 2.45) is 0 Å². The molecule has 2 rings (SSSR count). The Balaban J connectivity index is 2.76. The van der Waals surface area contributed by atoms with Gasteiger partial charge >= 0.3 is 0 Å². The van der Waals surface area contributed by atoms with Gasteiger partial charge in [0, 0.05) is 6.07 Å². The molecule has 0 atom stereocenters. The van der Waals surface area contributed by atoms with Gasteiger partial charge in [0.15, 0.2) is 5.75 Å². The number of fused-ring (bicyclic) bond motifs is 1. The summed E-state index contributed by atoms with van der Waals surface area (Å²) in [5.41, 5.74) is 0.426. The standard InChI is InChI=1S/C10H8ClNO4/c1-15-5-3-4(11)9(16-2)6-7(5)12-10(14)8(6)13/h3H,1-2H3,(H,12,13,14). The van der Waals surface area contributed by atoms with Crippen molar-refractivity contribution >= 4 is 29.0 Å². The summed E-state index contributed by atoms with van der Waals surface area (Å²) in [7, 11) is 2.80. The van der Waals surface area contributed by atoms with Gasteiger partial charge in [0.05, 0.1) is 30.5 Å². The Morgan fingerprint density at radius 3 is 2.50 bits per heavy atom. The molecule has 84 valence electrons. The highest BCUT2D eigenvalue weighted by atomic mass is 35.5. The number of amides is 1. The van der Waals surface area contributed by atoms with Gasteiger partial charge in [-0.25, -0.2) is 0 Å². The summed E-state index contributed by atoms with van der Waals surface area (Å²) in [6.45, 7) is 0. The fourth-order valence-corrected chi connectivity index (χ4v) is 1.86. The largest absolute Gasteiger partial charge is 0.494 e. The topological polar surface area (TPSA) is 64.6 Å².